The summed E-state index contributed by atoms with van der Waals surface area (Å²) < 4.78 is 0. The Hall–Kier alpha value is -1.51. The molecule has 2 heterocycles. The van der Waals surface area contributed by atoms with Crippen molar-refractivity contribution in [2.75, 3.05) is 0 Å². The third-order valence-electron chi connectivity index (χ3n) is 3.58. The Labute approximate surface area is 161 Å². The van der Waals surface area contributed by atoms with Crippen molar-refractivity contribution in [2.45, 2.75) is 31.8 Å². The first kappa shape index (κ1) is 19.5. The Balaban J connectivity index is 0.00000264. The van der Waals surface area contributed by atoms with E-state index in [4.69, 9.17) is 0 Å². The quantitative estimate of drug-likeness (QED) is 0.481. The van der Waals surface area contributed by atoms with E-state index in [9.17, 15) is 29.1 Å². The summed E-state index contributed by atoms with van der Waals surface area (Å²) in [4.78, 5) is 60.7. The van der Waals surface area contributed by atoms with E-state index < -0.39 is 35.3 Å². The van der Waals surface area contributed by atoms with Gasteiger partial charge in [0.2, 0.25) is 5.66 Å². The van der Waals surface area contributed by atoms with Crippen molar-refractivity contribution in [1.82, 2.24) is 9.80 Å². The van der Waals surface area contributed by atoms with E-state index in [-0.39, 0.29) is 44.2 Å². The molecule has 0 spiro atoms. The zero-order valence-corrected chi connectivity index (χ0v) is 11.8. The molecule has 0 saturated carbocycles. The molecular weight excluding hydrogens is 332 g/mol. The average Bonchev–Trinajstić information content (AvgIpc) is 2.97. The Kier molecular flexibility index (Phi) is 6.26. The van der Waals surface area contributed by atoms with Crippen LogP contribution in [0.15, 0.2) is 24.3 Å². The molecule has 0 aromatic carbocycles. The third-order valence-corrected chi connectivity index (χ3v) is 3.58. The second kappa shape index (κ2) is 7.37. The number of amides is 4. The monoisotopic (exact) mass is 348 g/mol. The van der Waals surface area contributed by atoms with Gasteiger partial charge in [-0.05, 0) is 6.42 Å². The van der Waals surface area contributed by atoms with E-state index >= 15 is 0 Å². The van der Waals surface area contributed by atoms with Gasteiger partial charge in [0.25, 0.3) is 23.6 Å². The van der Waals surface area contributed by atoms with Crippen LogP contribution in [0.4, 0.5) is 0 Å². The summed E-state index contributed by atoms with van der Waals surface area (Å²) in [5.41, 5.74) is -2.34. The first-order chi connectivity index (χ1) is 10.4. The number of nitrogens with zero attached hydrogens (tertiary/aromatic N) is 2. The molecule has 4 amide bonds. The van der Waals surface area contributed by atoms with Gasteiger partial charge in [0.1, 0.15) is 0 Å². The van der Waals surface area contributed by atoms with Gasteiger partial charge >= 0.3 is 43.7 Å². The zero-order valence-electron chi connectivity index (χ0n) is 11.8. The molecule has 2 aliphatic rings. The Bertz CT molecular complexity index is 561. The number of unbranched alkanes of at least 4 members (excludes halogenated alkanes) is 1. The van der Waals surface area contributed by atoms with Crippen molar-refractivity contribution < 1.29 is 29.1 Å². The van der Waals surface area contributed by atoms with Crippen LogP contribution in [0.3, 0.4) is 0 Å². The number of carbonyl (C=O) groups excluding carboxylic acids is 4. The number of imide groups is 2. The molecule has 0 unspecified atom stereocenters. The van der Waals surface area contributed by atoms with Crippen LogP contribution in [0, 0.1) is 0 Å². The molecule has 0 bridgehead atoms. The molecule has 0 fully saturated rings. The minimum absolute atomic E-state index is 0. The van der Waals surface area contributed by atoms with Crippen molar-refractivity contribution in [3.63, 3.8) is 0 Å². The van der Waals surface area contributed by atoms with Gasteiger partial charge in [-0.15, -0.1) is 0 Å². The molecule has 0 saturated heterocycles. The van der Waals surface area contributed by atoms with Gasteiger partial charge in [0, 0.05) is 30.7 Å². The predicted octanol–water partition coefficient (Wildman–Crippen LogP) is -1.11. The van der Waals surface area contributed by atoms with E-state index in [1.165, 1.54) is 0 Å². The number of carboxylic acids is 1. The van der Waals surface area contributed by atoms with Crippen LogP contribution in [0.1, 0.15) is 26.2 Å². The van der Waals surface area contributed by atoms with Crippen LogP contribution in [-0.2, 0) is 24.0 Å². The first-order valence-electron chi connectivity index (χ1n) is 6.72. The number of hydrogen-bond acceptors (Lipinski definition) is 5. The Morgan fingerprint density at radius 2 is 1.30 bits per heavy atom. The maximum atomic E-state index is 12.0. The molecule has 0 aliphatic carbocycles. The molecule has 0 aromatic heterocycles. The molecule has 0 atom stereocenters. The standard InChI is InChI=1S/C14H14N2O6.Ca.2H/c1-2-3-8-14(13(21)22,15-9(17)4-5-10(15)18)16-11(19)6-7-12(16)20;;;/h4-7H,2-3,8H2,1H3,(H,21,22);;;. The van der Waals surface area contributed by atoms with Crippen LogP contribution in [0.25, 0.3) is 0 Å². The third kappa shape index (κ3) is 3.11. The van der Waals surface area contributed by atoms with E-state index in [0.29, 0.717) is 22.6 Å². The molecule has 8 nitrogen and oxygen atoms in total. The molecule has 0 radical (unpaired) electrons. The second-order valence-electron chi connectivity index (χ2n) is 4.92. The van der Waals surface area contributed by atoms with Crippen molar-refractivity contribution >= 4 is 67.3 Å². The molecular formula is C14H16CaN2O6. The van der Waals surface area contributed by atoms with E-state index in [1.807, 2.05) is 0 Å². The summed E-state index contributed by atoms with van der Waals surface area (Å²) in [6, 6.07) is 0. The summed E-state index contributed by atoms with van der Waals surface area (Å²) in [6.07, 6.45) is 4.32. The van der Waals surface area contributed by atoms with Gasteiger partial charge in [-0.3, -0.25) is 19.2 Å². The fourth-order valence-corrected chi connectivity index (χ4v) is 2.57. The molecule has 9 heteroatoms. The van der Waals surface area contributed by atoms with Gasteiger partial charge in [-0.1, -0.05) is 13.3 Å². The molecule has 2 aliphatic heterocycles. The second-order valence-corrected chi connectivity index (χ2v) is 4.92. The van der Waals surface area contributed by atoms with Crippen LogP contribution < -0.4 is 0 Å². The van der Waals surface area contributed by atoms with Gasteiger partial charge in [0.05, 0.1) is 0 Å². The van der Waals surface area contributed by atoms with Gasteiger partial charge in [-0.2, -0.15) is 0 Å². The minimum atomic E-state index is -2.34. The van der Waals surface area contributed by atoms with Crippen LogP contribution in [0.5, 0.6) is 0 Å². The number of aliphatic carboxylic acids is 1. The Morgan fingerprint density at radius 3 is 1.57 bits per heavy atom. The fourth-order valence-electron chi connectivity index (χ4n) is 2.57. The summed E-state index contributed by atoms with van der Waals surface area (Å²) in [5, 5.41) is 9.69. The van der Waals surface area contributed by atoms with Crippen LogP contribution in [-0.4, -0.2) is 87.9 Å². The molecule has 120 valence electrons. The van der Waals surface area contributed by atoms with Gasteiger partial charge in [-0.25, -0.2) is 14.6 Å². The van der Waals surface area contributed by atoms with Gasteiger partial charge in [0.15, 0.2) is 0 Å². The predicted molar refractivity (Wildman–Crippen MR) is 80.4 cm³/mol. The van der Waals surface area contributed by atoms with Crippen LogP contribution in [0.2, 0.25) is 0 Å². The molecule has 23 heavy (non-hydrogen) atoms. The number of carbonyl (C=O) groups is 5. The number of carboxylic acid groups (broad SMARTS) is 1. The first-order valence-corrected chi connectivity index (χ1v) is 6.72. The Morgan fingerprint density at radius 1 is 0.957 bits per heavy atom. The summed E-state index contributed by atoms with van der Waals surface area (Å²) in [5.74, 6) is -5.06. The summed E-state index contributed by atoms with van der Waals surface area (Å²) in [6.45, 7) is 1.78. The maximum absolute atomic E-state index is 12.0. The topological polar surface area (TPSA) is 112 Å². The van der Waals surface area contributed by atoms with Crippen LogP contribution >= 0.6 is 0 Å². The SMILES string of the molecule is CCCCC(C(=O)O)(N1C(=O)C=CC1=O)N1C(=O)C=CC1=O.[CaH2]. The summed E-state index contributed by atoms with van der Waals surface area (Å²) in [7, 11) is 0. The van der Waals surface area contributed by atoms with Crippen molar-refractivity contribution in [3.8, 4) is 0 Å². The molecule has 2 rings (SSSR count). The van der Waals surface area contributed by atoms with Crippen molar-refractivity contribution in [2.24, 2.45) is 0 Å². The van der Waals surface area contributed by atoms with E-state index in [2.05, 4.69) is 0 Å². The van der Waals surface area contributed by atoms with Crippen molar-refractivity contribution in [1.29, 1.82) is 0 Å². The van der Waals surface area contributed by atoms with Crippen molar-refractivity contribution in [3.05, 3.63) is 24.3 Å². The van der Waals surface area contributed by atoms with E-state index in [1.54, 1.807) is 6.92 Å². The molecule has 1 N–H and O–H groups in total. The normalized spacial score (nSPS) is 17.3. The number of rotatable bonds is 6. The van der Waals surface area contributed by atoms with Gasteiger partial charge < -0.3 is 5.11 Å². The average molecular weight is 348 g/mol. The van der Waals surface area contributed by atoms with E-state index in [0.717, 1.165) is 24.3 Å². The zero-order chi connectivity index (χ0) is 16.5. The summed E-state index contributed by atoms with van der Waals surface area (Å²) >= 11 is 0. The fraction of sp³-hybridized carbons (Fsp3) is 0.357. The molecule has 0 aromatic rings. The number of hydrogen-bond donors (Lipinski definition) is 1.